The predicted octanol–water partition coefficient (Wildman–Crippen LogP) is 4.46. The molecular formula is C22H17IN4O2. The van der Waals surface area contributed by atoms with E-state index in [9.17, 15) is 9.90 Å². The molecule has 0 bridgehead atoms. The molecule has 0 saturated carbocycles. The summed E-state index contributed by atoms with van der Waals surface area (Å²) in [5.41, 5.74) is 12.1. The van der Waals surface area contributed by atoms with Gasteiger partial charge in [-0.25, -0.2) is 4.99 Å². The number of phenols is 1. The number of halogens is 1. The van der Waals surface area contributed by atoms with Gasteiger partial charge >= 0.3 is 0 Å². The minimum absolute atomic E-state index is 0.0371. The van der Waals surface area contributed by atoms with Crippen molar-refractivity contribution in [2.24, 2.45) is 16.5 Å². The zero-order valence-corrected chi connectivity index (χ0v) is 17.3. The fourth-order valence-electron chi connectivity index (χ4n) is 3.18. The van der Waals surface area contributed by atoms with E-state index >= 15 is 0 Å². The molecule has 7 heteroatoms. The number of nitrogens with two attached hydrogens (primary N) is 2. The molecule has 0 unspecified atom stereocenters. The number of hydrogen-bond acceptors (Lipinski definition) is 3. The summed E-state index contributed by atoms with van der Waals surface area (Å²) in [6.07, 6.45) is 0. The fraction of sp³-hybridized carbons (Fsp3) is 0. The highest BCUT2D eigenvalue weighted by Crippen LogP contribution is 2.35. The minimum Gasteiger partial charge on any atom is -0.506 e. The number of benzene rings is 4. The van der Waals surface area contributed by atoms with E-state index < -0.39 is 5.91 Å². The zero-order chi connectivity index (χ0) is 20.5. The number of nitrogens with one attached hydrogen (secondary N) is 1. The van der Waals surface area contributed by atoms with E-state index in [4.69, 9.17) is 11.5 Å². The van der Waals surface area contributed by atoms with Crippen LogP contribution in [0.5, 0.6) is 5.75 Å². The Kier molecular flexibility index (Phi) is 4.98. The number of hydrogen-bond donors (Lipinski definition) is 4. The third-order valence-electron chi connectivity index (χ3n) is 4.55. The summed E-state index contributed by atoms with van der Waals surface area (Å²) < 4.78 is 0.638. The highest BCUT2D eigenvalue weighted by Gasteiger charge is 2.17. The molecule has 0 aromatic heterocycles. The topological polar surface area (TPSA) is 114 Å². The van der Waals surface area contributed by atoms with Gasteiger partial charge in [0.15, 0.2) is 5.96 Å². The maximum Gasteiger partial charge on any atom is 0.259 e. The van der Waals surface area contributed by atoms with Crippen molar-refractivity contribution in [3.63, 3.8) is 0 Å². The Hall–Kier alpha value is -3.33. The van der Waals surface area contributed by atoms with Crippen molar-refractivity contribution in [1.29, 1.82) is 0 Å². The van der Waals surface area contributed by atoms with Gasteiger partial charge in [0, 0.05) is 5.69 Å². The maximum absolute atomic E-state index is 12.8. The molecule has 0 fully saturated rings. The second kappa shape index (κ2) is 7.59. The Morgan fingerprint density at radius 3 is 2.24 bits per heavy atom. The van der Waals surface area contributed by atoms with Crippen molar-refractivity contribution in [2.75, 3.05) is 5.32 Å². The number of phenolic OH excluding ortho intramolecular Hbond substituents is 1. The molecule has 0 spiro atoms. The largest absolute Gasteiger partial charge is 0.506 e. The van der Waals surface area contributed by atoms with Gasteiger partial charge in [-0.05, 0) is 86.6 Å². The predicted molar refractivity (Wildman–Crippen MR) is 126 cm³/mol. The quantitative estimate of drug-likeness (QED) is 0.145. The lowest BCUT2D eigenvalue weighted by molar-refractivity contribution is 0.102. The van der Waals surface area contributed by atoms with Gasteiger partial charge in [0.2, 0.25) is 0 Å². The van der Waals surface area contributed by atoms with Crippen LogP contribution >= 0.6 is 22.6 Å². The van der Waals surface area contributed by atoms with Gasteiger partial charge in [0.05, 0.1) is 14.8 Å². The number of rotatable bonds is 3. The number of fused-ring (bicyclic) bond motifs is 2. The molecule has 0 radical (unpaired) electrons. The van der Waals surface area contributed by atoms with Crippen LogP contribution in [0.4, 0.5) is 11.4 Å². The first-order valence-electron chi connectivity index (χ1n) is 8.77. The number of guanidine groups is 1. The standard InChI is InChI=1S/C22H17IN4O2/c23-19-17-10-13-4-2-1-3-12(13)9-14(17)11-18(20(19)28)21(29)26-15-5-7-16(8-6-15)27-22(24)25/h1-11,28H,(H,26,29)(H4,24,25,27). The summed E-state index contributed by atoms with van der Waals surface area (Å²) in [7, 11) is 0. The molecule has 29 heavy (non-hydrogen) atoms. The van der Waals surface area contributed by atoms with E-state index in [0.29, 0.717) is 14.9 Å². The molecular weight excluding hydrogens is 479 g/mol. The number of amides is 1. The minimum atomic E-state index is -0.398. The van der Waals surface area contributed by atoms with Crippen LogP contribution in [0.2, 0.25) is 0 Å². The second-order valence-corrected chi connectivity index (χ2v) is 7.62. The monoisotopic (exact) mass is 496 g/mol. The molecule has 144 valence electrons. The van der Waals surface area contributed by atoms with Crippen molar-refractivity contribution in [2.45, 2.75) is 0 Å². The van der Waals surface area contributed by atoms with Gasteiger partial charge in [-0.2, -0.15) is 0 Å². The first-order valence-corrected chi connectivity index (χ1v) is 9.85. The van der Waals surface area contributed by atoms with E-state index in [2.05, 4.69) is 32.9 Å². The second-order valence-electron chi connectivity index (χ2n) is 6.54. The summed E-state index contributed by atoms with van der Waals surface area (Å²) in [6, 6.07) is 20.5. The van der Waals surface area contributed by atoms with Gasteiger partial charge in [0.25, 0.3) is 5.91 Å². The van der Waals surface area contributed by atoms with Gasteiger partial charge in [-0.1, -0.05) is 24.3 Å². The van der Waals surface area contributed by atoms with Gasteiger partial charge < -0.3 is 21.9 Å². The van der Waals surface area contributed by atoms with E-state index in [0.717, 1.165) is 21.5 Å². The average molecular weight is 496 g/mol. The Labute approximate surface area is 180 Å². The summed E-state index contributed by atoms with van der Waals surface area (Å²) in [4.78, 5) is 16.8. The first kappa shape index (κ1) is 19.0. The van der Waals surface area contributed by atoms with Crippen LogP contribution in [0, 0.1) is 3.57 Å². The van der Waals surface area contributed by atoms with E-state index in [1.165, 1.54) is 0 Å². The molecule has 4 aromatic carbocycles. The Morgan fingerprint density at radius 1 is 0.931 bits per heavy atom. The van der Waals surface area contributed by atoms with Crippen molar-refractivity contribution in [3.8, 4) is 5.75 Å². The lowest BCUT2D eigenvalue weighted by Crippen LogP contribution is -2.21. The highest BCUT2D eigenvalue weighted by atomic mass is 127. The van der Waals surface area contributed by atoms with Crippen LogP contribution in [0.25, 0.3) is 21.5 Å². The lowest BCUT2D eigenvalue weighted by atomic mass is 10.0. The van der Waals surface area contributed by atoms with Gasteiger partial charge in [-0.15, -0.1) is 0 Å². The molecule has 0 aliphatic carbocycles. The van der Waals surface area contributed by atoms with Crippen molar-refractivity contribution in [1.82, 2.24) is 0 Å². The van der Waals surface area contributed by atoms with E-state index in [1.807, 2.05) is 36.4 Å². The third-order valence-corrected chi connectivity index (χ3v) is 5.64. The van der Waals surface area contributed by atoms with Crippen LogP contribution in [-0.4, -0.2) is 17.0 Å². The molecule has 6 N–H and O–H groups in total. The van der Waals surface area contributed by atoms with Crippen molar-refractivity contribution >= 4 is 67.4 Å². The summed E-state index contributed by atoms with van der Waals surface area (Å²) in [6.45, 7) is 0. The Morgan fingerprint density at radius 2 is 1.59 bits per heavy atom. The SMILES string of the molecule is NC(N)=Nc1ccc(NC(=O)c2cc3cc4ccccc4cc3c(I)c2O)cc1. The molecule has 0 heterocycles. The molecule has 6 nitrogen and oxygen atoms in total. The molecule has 0 aliphatic heterocycles. The smallest absolute Gasteiger partial charge is 0.259 e. The zero-order valence-electron chi connectivity index (χ0n) is 15.2. The van der Waals surface area contributed by atoms with Gasteiger partial charge in [0.1, 0.15) is 5.75 Å². The number of anilines is 1. The number of nitrogens with zero attached hydrogens (tertiary/aromatic N) is 1. The lowest BCUT2D eigenvalue weighted by Gasteiger charge is -2.12. The third kappa shape index (κ3) is 3.81. The van der Waals surface area contributed by atoms with E-state index in [1.54, 1.807) is 30.3 Å². The molecule has 1 amide bonds. The van der Waals surface area contributed by atoms with Crippen LogP contribution in [0.3, 0.4) is 0 Å². The number of aromatic hydroxyl groups is 1. The maximum atomic E-state index is 12.8. The normalized spacial score (nSPS) is 10.8. The average Bonchev–Trinajstić information content (AvgIpc) is 2.70. The van der Waals surface area contributed by atoms with Crippen molar-refractivity contribution < 1.29 is 9.90 Å². The van der Waals surface area contributed by atoms with Crippen LogP contribution < -0.4 is 16.8 Å². The highest BCUT2D eigenvalue weighted by molar-refractivity contribution is 14.1. The molecule has 4 aromatic rings. The van der Waals surface area contributed by atoms with Crippen LogP contribution in [-0.2, 0) is 0 Å². The van der Waals surface area contributed by atoms with Crippen molar-refractivity contribution in [3.05, 3.63) is 75.9 Å². The summed E-state index contributed by atoms with van der Waals surface area (Å²) >= 11 is 2.07. The van der Waals surface area contributed by atoms with E-state index in [-0.39, 0.29) is 17.3 Å². The Bertz CT molecular complexity index is 1280. The fourth-order valence-corrected chi connectivity index (χ4v) is 3.93. The van der Waals surface area contributed by atoms with Crippen LogP contribution in [0.1, 0.15) is 10.4 Å². The first-order chi connectivity index (χ1) is 13.9. The number of carbonyl (C=O) groups is 1. The molecule has 4 rings (SSSR count). The molecule has 0 saturated heterocycles. The van der Waals surface area contributed by atoms with Gasteiger partial charge in [-0.3, -0.25) is 4.79 Å². The molecule has 0 atom stereocenters. The van der Waals surface area contributed by atoms with Crippen LogP contribution in [0.15, 0.2) is 71.7 Å². The summed E-state index contributed by atoms with van der Waals surface area (Å²) in [5, 5.41) is 17.4. The molecule has 0 aliphatic rings. The number of aliphatic imine (C=N–C) groups is 1. The number of carbonyl (C=O) groups excluding carboxylic acids is 1. The summed E-state index contributed by atoms with van der Waals surface area (Å²) in [5.74, 6) is -0.474. The Balaban J connectivity index is 1.71.